The Labute approximate surface area is 82.8 Å². The van der Waals surface area contributed by atoms with Crippen LogP contribution < -0.4 is 0 Å². The first-order valence-electron chi connectivity index (χ1n) is 4.48. The Bertz CT molecular complexity index is 336. The molecule has 0 aromatic carbocycles. The monoisotopic (exact) mass is 194 g/mol. The molecule has 2 heteroatoms. The van der Waals surface area contributed by atoms with Gasteiger partial charge in [0, 0.05) is 6.42 Å². The van der Waals surface area contributed by atoms with Crippen molar-refractivity contribution in [3.63, 3.8) is 0 Å². The second-order valence-electron chi connectivity index (χ2n) is 3.61. The zero-order valence-electron chi connectivity index (χ0n) is 7.46. The van der Waals surface area contributed by atoms with Crippen LogP contribution in [0.5, 0.6) is 0 Å². The molecule has 0 radical (unpaired) electrons. The van der Waals surface area contributed by atoms with Crippen LogP contribution in [0.4, 0.5) is 0 Å². The third-order valence-corrected chi connectivity index (χ3v) is 3.17. The fourth-order valence-electron chi connectivity index (χ4n) is 1.92. The molecule has 0 bridgehead atoms. The van der Waals surface area contributed by atoms with Crippen molar-refractivity contribution in [1.82, 2.24) is 0 Å². The molecule has 2 aliphatic rings. The Kier molecular flexibility index (Phi) is 2.12. The van der Waals surface area contributed by atoms with Crippen LogP contribution in [0.15, 0.2) is 34.9 Å². The van der Waals surface area contributed by atoms with Crippen LogP contribution in [0, 0.1) is 11.8 Å². The highest BCUT2D eigenvalue weighted by Crippen LogP contribution is 2.38. The summed E-state index contributed by atoms with van der Waals surface area (Å²) in [6, 6.07) is 0. The van der Waals surface area contributed by atoms with Crippen molar-refractivity contribution in [3.8, 4) is 0 Å². The lowest BCUT2D eigenvalue weighted by Crippen LogP contribution is -2.08. The van der Waals surface area contributed by atoms with Gasteiger partial charge >= 0.3 is 0 Å². The molecule has 0 amide bonds. The first kappa shape index (κ1) is 8.76. The minimum atomic E-state index is 0.0912. The maximum absolute atomic E-state index is 11.4. The fraction of sp³-hybridized carbons (Fsp3) is 0.364. The summed E-state index contributed by atoms with van der Waals surface area (Å²) in [6.45, 7) is 2.12. The van der Waals surface area contributed by atoms with E-state index in [1.807, 2.05) is 18.2 Å². The molecule has 2 rings (SSSR count). The Morgan fingerprint density at radius 3 is 3.00 bits per heavy atom. The van der Waals surface area contributed by atoms with Gasteiger partial charge in [0.15, 0.2) is 5.78 Å². The van der Waals surface area contributed by atoms with E-state index < -0.39 is 0 Å². The summed E-state index contributed by atoms with van der Waals surface area (Å²) in [5, 5.41) is 0.441. The number of allylic oxidation sites excluding steroid dienone is 6. The number of carbonyl (C=O) groups is 1. The zero-order valence-corrected chi connectivity index (χ0v) is 8.21. The van der Waals surface area contributed by atoms with Gasteiger partial charge in [-0.25, -0.2) is 0 Å². The molecule has 0 saturated carbocycles. The van der Waals surface area contributed by atoms with Gasteiger partial charge in [0.1, 0.15) is 0 Å². The summed E-state index contributed by atoms with van der Waals surface area (Å²) in [5.74, 6) is 0.800. The molecule has 13 heavy (non-hydrogen) atoms. The van der Waals surface area contributed by atoms with Crippen molar-refractivity contribution < 1.29 is 4.79 Å². The van der Waals surface area contributed by atoms with E-state index in [1.165, 1.54) is 0 Å². The number of hydrogen-bond acceptors (Lipinski definition) is 1. The van der Waals surface area contributed by atoms with E-state index in [4.69, 9.17) is 11.6 Å². The minimum absolute atomic E-state index is 0.0912. The number of rotatable bonds is 0. The quantitative estimate of drug-likeness (QED) is 0.580. The number of fused-ring (bicyclic) bond motifs is 1. The van der Waals surface area contributed by atoms with Crippen molar-refractivity contribution >= 4 is 17.4 Å². The smallest absolute Gasteiger partial charge is 0.175 e. The van der Waals surface area contributed by atoms with Crippen molar-refractivity contribution in [3.05, 3.63) is 34.9 Å². The van der Waals surface area contributed by atoms with Crippen LogP contribution in [-0.2, 0) is 4.79 Å². The van der Waals surface area contributed by atoms with E-state index in [9.17, 15) is 4.79 Å². The van der Waals surface area contributed by atoms with Crippen LogP contribution in [-0.4, -0.2) is 5.78 Å². The topological polar surface area (TPSA) is 17.1 Å². The predicted octanol–water partition coefficient (Wildman–Crippen LogP) is 2.83. The Morgan fingerprint density at radius 1 is 1.46 bits per heavy atom. The van der Waals surface area contributed by atoms with Crippen LogP contribution in [0.25, 0.3) is 0 Å². The van der Waals surface area contributed by atoms with E-state index in [2.05, 4.69) is 13.0 Å². The van der Waals surface area contributed by atoms with E-state index >= 15 is 0 Å². The fourth-order valence-corrected chi connectivity index (χ4v) is 2.20. The molecule has 68 valence electrons. The number of halogens is 1. The van der Waals surface area contributed by atoms with Gasteiger partial charge in [-0.1, -0.05) is 42.8 Å². The van der Waals surface area contributed by atoms with Crippen molar-refractivity contribution in [2.24, 2.45) is 11.8 Å². The molecule has 0 aromatic rings. The van der Waals surface area contributed by atoms with Gasteiger partial charge in [-0.15, -0.1) is 0 Å². The van der Waals surface area contributed by atoms with Gasteiger partial charge in [0.25, 0.3) is 0 Å². The van der Waals surface area contributed by atoms with E-state index in [1.54, 1.807) is 0 Å². The van der Waals surface area contributed by atoms with Crippen molar-refractivity contribution in [2.75, 3.05) is 0 Å². The highest BCUT2D eigenvalue weighted by molar-refractivity contribution is 6.44. The third-order valence-electron chi connectivity index (χ3n) is 2.74. The summed E-state index contributed by atoms with van der Waals surface area (Å²) in [7, 11) is 0. The van der Waals surface area contributed by atoms with Crippen molar-refractivity contribution in [2.45, 2.75) is 13.3 Å². The average Bonchev–Trinajstić information content (AvgIpc) is 2.30. The summed E-state index contributed by atoms with van der Waals surface area (Å²) in [6.07, 6.45) is 8.62. The minimum Gasteiger partial charge on any atom is -0.293 e. The lowest BCUT2D eigenvalue weighted by atomic mass is 9.89. The lowest BCUT2D eigenvalue weighted by Gasteiger charge is -2.14. The van der Waals surface area contributed by atoms with E-state index in [-0.39, 0.29) is 5.78 Å². The van der Waals surface area contributed by atoms with E-state index in [0.29, 0.717) is 23.3 Å². The maximum Gasteiger partial charge on any atom is 0.175 e. The highest BCUT2D eigenvalue weighted by atomic mass is 35.5. The second-order valence-corrected chi connectivity index (χ2v) is 3.98. The molecule has 0 aliphatic heterocycles. The summed E-state index contributed by atoms with van der Waals surface area (Å²) in [4.78, 5) is 11.4. The molecule has 0 heterocycles. The lowest BCUT2D eigenvalue weighted by molar-refractivity contribution is -0.114. The molecule has 0 fully saturated rings. The third kappa shape index (κ3) is 1.37. The van der Waals surface area contributed by atoms with Gasteiger partial charge in [0.2, 0.25) is 0 Å². The second kappa shape index (κ2) is 3.15. The molecule has 1 nitrogen and oxygen atoms in total. The molecular weight excluding hydrogens is 184 g/mol. The Hall–Kier alpha value is -0.820. The molecule has 0 aromatic heterocycles. The molecule has 0 spiro atoms. The van der Waals surface area contributed by atoms with Gasteiger partial charge < -0.3 is 0 Å². The molecular formula is C11H11ClO. The van der Waals surface area contributed by atoms with E-state index in [0.717, 1.165) is 5.57 Å². The first-order valence-corrected chi connectivity index (χ1v) is 4.85. The SMILES string of the molecule is C[C@H]1C=CC=CC2=C(Cl)C(=O)C[C@@H]21. The molecule has 0 N–H and O–H groups in total. The van der Waals surface area contributed by atoms with Gasteiger partial charge in [-0.3, -0.25) is 4.79 Å². The Morgan fingerprint density at radius 2 is 2.23 bits per heavy atom. The maximum atomic E-state index is 11.4. The number of Topliss-reactive ketones (excluding diaryl/α,β-unsaturated/α-hetero) is 1. The summed E-state index contributed by atoms with van der Waals surface area (Å²) >= 11 is 5.93. The Balaban J connectivity index is 2.44. The summed E-state index contributed by atoms with van der Waals surface area (Å²) in [5.41, 5.74) is 1.02. The highest BCUT2D eigenvalue weighted by Gasteiger charge is 2.32. The van der Waals surface area contributed by atoms with Crippen LogP contribution in [0.1, 0.15) is 13.3 Å². The number of ketones is 1. The van der Waals surface area contributed by atoms with Crippen LogP contribution in [0.2, 0.25) is 0 Å². The number of hydrogen-bond donors (Lipinski definition) is 0. The average molecular weight is 195 g/mol. The molecule has 2 atom stereocenters. The van der Waals surface area contributed by atoms with Gasteiger partial charge in [0.05, 0.1) is 5.03 Å². The number of carbonyl (C=O) groups excluding carboxylic acids is 1. The standard InChI is InChI=1S/C11H11ClO/c1-7-4-2-3-5-8-9(7)6-10(13)11(8)12/h2-5,7,9H,6H2,1H3/t7-,9+/m0/s1. The predicted molar refractivity (Wildman–Crippen MR) is 53.4 cm³/mol. The van der Waals surface area contributed by atoms with Gasteiger partial charge in [-0.05, 0) is 17.4 Å². The van der Waals surface area contributed by atoms with Crippen LogP contribution >= 0.6 is 11.6 Å². The zero-order chi connectivity index (χ0) is 9.42. The molecule has 2 aliphatic carbocycles. The molecule has 0 saturated heterocycles. The van der Waals surface area contributed by atoms with Crippen molar-refractivity contribution in [1.29, 1.82) is 0 Å². The largest absolute Gasteiger partial charge is 0.293 e. The van der Waals surface area contributed by atoms with Gasteiger partial charge in [-0.2, -0.15) is 0 Å². The molecule has 0 unspecified atom stereocenters. The van der Waals surface area contributed by atoms with Crippen LogP contribution in [0.3, 0.4) is 0 Å². The summed E-state index contributed by atoms with van der Waals surface area (Å²) < 4.78 is 0. The normalized spacial score (nSPS) is 32.3. The first-order chi connectivity index (χ1) is 6.20.